The molecule has 0 bridgehead atoms. The highest BCUT2D eigenvalue weighted by Crippen LogP contribution is 2.43. The lowest BCUT2D eigenvalue weighted by Crippen LogP contribution is -2.29. The number of furan rings is 1. The summed E-state index contributed by atoms with van der Waals surface area (Å²) >= 11 is 0. The summed E-state index contributed by atoms with van der Waals surface area (Å²) in [5, 5.41) is 0. The van der Waals surface area contributed by atoms with Crippen molar-refractivity contribution in [3.05, 3.63) is 35.8 Å². The Labute approximate surface area is 113 Å². The van der Waals surface area contributed by atoms with Gasteiger partial charge in [-0.3, -0.25) is 0 Å². The Hall–Kier alpha value is -1.55. The van der Waals surface area contributed by atoms with Crippen LogP contribution in [0.4, 0.5) is 0 Å². The van der Waals surface area contributed by atoms with Crippen molar-refractivity contribution in [2.24, 2.45) is 0 Å². The second-order valence-corrected chi connectivity index (χ2v) is 5.07. The molecule has 1 fully saturated rings. The molecule has 19 heavy (non-hydrogen) atoms. The Morgan fingerprint density at radius 1 is 1.42 bits per heavy atom. The molecule has 0 saturated heterocycles. The summed E-state index contributed by atoms with van der Waals surface area (Å²) in [6, 6.07) is 3.75. The first-order valence-corrected chi connectivity index (χ1v) is 6.54. The molecule has 0 unspecified atom stereocenters. The minimum absolute atomic E-state index is 0.355. The lowest BCUT2D eigenvalue weighted by molar-refractivity contribution is -0.157. The predicted molar refractivity (Wildman–Crippen MR) is 70.5 cm³/mol. The van der Waals surface area contributed by atoms with Crippen LogP contribution in [-0.2, 0) is 26.5 Å². The molecule has 1 aromatic rings. The quantitative estimate of drug-likeness (QED) is 0.604. The molecular weight excluding hydrogens is 244 g/mol. The van der Waals surface area contributed by atoms with Crippen LogP contribution in [-0.4, -0.2) is 13.1 Å². The number of esters is 1. The fraction of sp³-hybridized carbons (Fsp3) is 0.533. The molecule has 1 saturated carbocycles. The third kappa shape index (κ3) is 2.89. The minimum Gasteiger partial charge on any atom is -0.459 e. The summed E-state index contributed by atoms with van der Waals surface area (Å²) in [7, 11) is 1.62. The van der Waals surface area contributed by atoms with Crippen LogP contribution in [0, 0.1) is 0 Å². The lowest BCUT2D eigenvalue weighted by atomic mass is 9.98. The summed E-state index contributed by atoms with van der Waals surface area (Å²) in [4.78, 5) is 11.8. The van der Waals surface area contributed by atoms with Crippen molar-refractivity contribution in [3.8, 4) is 0 Å². The largest absolute Gasteiger partial charge is 0.459 e. The summed E-state index contributed by atoms with van der Waals surface area (Å²) in [6.45, 7) is 5.71. The Morgan fingerprint density at radius 2 is 2.11 bits per heavy atom. The molecule has 0 aromatic carbocycles. The first-order chi connectivity index (χ1) is 9.07. The zero-order valence-corrected chi connectivity index (χ0v) is 11.5. The van der Waals surface area contributed by atoms with Crippen molar-refractivity contribution in [1.29, 1.82) is 0 Å². The van der Waals surface area contributed by atoms with Gasteiger partial charge in [0.1, 0.15) is 18.1 Å². The van der Waals surface area contributed by atoms with E-state index in [1.54, 1.807) is 14.0 Å². The van der Waals surface area contributed by atoms with Crippen LogP contribution in [0.25, 0.3) is 0 Å². The van der Waals surface area contributed by atoms with Gasteiger partial charge >= 0.3 is 5.97 Å². The maximum atomic E-state index is 11.8. The van der Waals surface area contributed by atoms with Crippen LogP contribution in [0.2, 0.25) is 0 Å². The van der Waals surface area contributed by atoms with Crippen molar-refractivity contribution in [2.45, 2.75) is 44.8 Å². The molecule has 4 heteroatoms. The number of ether oxygens (including phenoxy) is 2. The van der Waals surface area contributed by atoms with E-state index in [2.05, 4.69) is 6.58 Å². The van der Waals surface area contributed by atoms with Gasteiger partial charge in [-0.25, -0.2) is 4.79 Å². The molecule has 104 valence electrons. The van der Waals surface area contributed by atoms with Gasteiger partial charge in [0.2, 0.25) is 0 Å². The molecule has 1 aromatic heterocycles. The van der Waals surface area contributed by atoms with E-state index in [1.165, 1.54) is 0 Å². The number of hydrogen-bond donors (Lipinski definition) is 0. The van der Waals surface area contributed by atoms with Gasteiger partial charge in [-0.1, -0.05) is 6.58 Å². The van der Waals surface area contributed by atoms with E-state index in [4.69, 9.17) is 13.9 Å². The number of hydrogen-bond acceptors (Lipinski definition) is 4. The minimum atomic E-state index is -0.623. The van der Waals surface area contributed by atoms with Crippen LogP contribution in [0.5, 0.6) is 0 Å². The Balaban J connectivity index is 2.22. The van der Waals surface area contributed by atoms with E-state index in [-0.39, 0.29) is 5.97 Å². The molecule has 4 nitrogen and oxygen atoms in total. The zero-order valence-electron chi connectivity index (χ0n) is 11.5. The highest BCUT2D eigenvalue weighted by molar-refractivity contribution is 5.87. The van der Waals surface area contributed by atoms with E-state index in [0.29, 0.717) is 17.9 Å². The zero-order chi connectivity index (χ0) is 13.9. The van der Waals surface area contributed by atoms with Gasteiger partial charge in [-0.05, 0) is 44.7 Å². The van der Waals surface area contributed by atoms with Gasteiger partial charge in [0.05, 0.1) is 0 Å². The van der Waals surface area contributed by atoms with Crippen LogP contribution >= 0.6 is 0 Å². The van der Waals surface area contributed by atoms with Crippen LogP contribution in [0.1, 0.15) is 44.1 Å². The maximum absolute atomic E-state index is 11.8. The molecule has 0 spiro atoms. The van der Waals surface area contributed by atoms with Crippen LogP contribution in [0.15, 0.2) is 28.7 Å². The van der Waals surface area contributed by atoms with E-state index >= 15 is 0 Å². The SMILES string of the molecule is C=C(C)C(=O)OC1(c2ccc(COC)o2)CCCC1. The maximum Gasteiger partial charge on any atom is 0.334 e. The van der Waals surface area contributed by atoms with E-state index in [1.807, 2.05) is 12.1 Å². The molecule has 1 aliphatic carbocycles. The van der Waals surface area contributed by atoms with E-state index < -0.39 is 5.60 Å². The molecule has 0 aliphatic heterocycles. The molecule has 0 N–H and O–H groups in total. The van der Waals surface area contributed by atoms with Crippen LogP contribution < -0.4 is 0 Å². The van der Waals surface area contributed by atoms with E-state index in [0.717, 1.165) is 31.4 Å². The fourth-order valence-electron chi connectivity index (χ4n) is 2.45. The van der Waals surface area contributed by atoms with Crippen LogP contribution in [0.3, 0.4) is 0 Å². The Kier molecular flexibility index (Phi) is 4.10. The average Bonchev–Trinajstić information content (AvgIpc) is 2.99. The molecule has 0 amide bonds. The fourth-order valence-corrected chi connectivity index (χ4v) is 2.45. The first-order valence-electron chi connectivity index (χ1n) is 6.54. The molecule has 0 radical (unpaired) electrons. The van der Waals surface area contributed by atoms with Gasteiger partial charge in [0.15, 0.2) is 5.60 Å². The number of methoxy groups -OCH3 is 1. The predicted octanol–water partition coefficient (Wildman–Crippen LogP) is 3.31. The lowest BCUT2D eigenvalue weighted by Gasteiger charge is -2.27. The van der Waals surface area contributed by atoms with Gasteiger partial charge in [0, 0.05) is 12.7 Å². The van der Waals surface area contributed by atoms with Gasteiger partial charge in [0.25, 0.3) is 0 Å². The van der Waals surface area contributed by atoms with E-state index in [9.17, 15) is 4.79 Å². The average molecular weight is 264 g/mol. The van der Waals surface area contributed by atoms with Crippen molar-refractivity contribution >= 4 is 5.97 Å². The Morgan fingerprint density at radius 3 is 2.68 bits per heavy atom. The van der Waals surface area contributed by atoms with Gasteiger partial charge in [-0.2, -0.15) is 0 Å². The molecule has 1 heterocycles. The van der Waals surface area contributed by atoms with Crippen molar-refractivity contribution in [2.75, 3.05) is 7.11 Å². The topological polar surface area (TPSA) is 48.7 Å². The second kappa shape index (κ2) is 5.61. The summed E-state index contributed by atoms with van der Waals surface area (Å²) in [5.74, 6) is 1.10. The van der Waals surface area contributed by atoms with Crippen molar-refractivity contribution < 1.29 is 18.7 Å². The number of rotatable bonds is 5. The van der Waals surface area contributed by atoms with Gasteiger partial charge < -0.3 is 13.9 Å². The standard InChI is InChI=1S/C15H20O4/c1-11(2)14(16)19-15(8-4-5-9-15)13-7-6-12(18-13)10-17-3/h6-7H,1,4-5,8-10H2,2-3H3. The number of carbonyl (C=O) groups is 1. The first kappa shape index (κ1) is 13.9. The highest BCUT2D eigenvalue weighted by Gasteiger charge is 2.42. The molecule has 1 aliphatic rings. The summed E-state index contributed by atoms with van der Waals surface area (Å²) in [5.41, 5.74) is -0.211. The monoisotopic (exact) mass is 264 g/mol. The Bertz CT molecular complexity index is 466. The molecule has 2 rings (SSSR count). The van der Waals surface area contributed by atoms with Crippen molar-refractivity contribution in [3.63, 3.8) is 0 Å². The number of carbonyl (C=O) groups excluding carboxylic acids is 1. The third-order valence-electron chi connectivity index (χ3n) is 3.45. The molecular formula is C15H20O4. The highest BCUT2D eigenvalue weighted by atomic mass is 16.6. The smallest absolute Gasteiger partial charge is 0.334 e. The second-order valence-electron chi connectivity index (χ2n) is 5.07. The summed E-state index contributed by atoms with van der Waals surface area (Å²) < 4.78 is 16.5. The van der Waals surface area contributed by atoms with Gasteiger partial charge in [-0.15, -0.1) is 0 Å². The van der Waals surface area contributed by atoms with Crippen molar-refractivity contribution in [1.82, 2.24) is 0 Å². The molecule has 0 atom stereocenters. The third-order valence-corrected chi connectivity index (χ3v) is 3.45. The normalized spacial score (nSPS) is 17.4. The summed E-state index contributed by atoms with van der Waals surface area (Å²) in [6.07, 6.45) is 3.66.